The molecule has 0 saturated carbocycles. The Morgan fingerprint density at radius 3 is 2.50 bits per heavy atom. The SMILES string of the molecule is CCOC(=O)CNc1c(C(C)C)nc2c(C(=O)NC(CC(=O)O)c3ccc(F)cc3)cccn12. The summed E-state index contributed by atoms with van der Waals surface area (Å²) in [6.45, 7) is 5.80. The maximum Gasteiger partial charge on any atom is 0.325 e. The molecular weight excluding hydrogens is 443 g/mol. The van der Waals surface area contributed by atoms with Gasteiger partial charge in [0, 0.05) is 6.20 Å². The zero-order valence-corrected chi connectivity index (χ0v) is 19.2. The lowest BCUT2D eigenvalue weighted by atomic mass is 10.0. The van der Waals surface area contributed by atoms with E-state index in [1.54, 1.807) is 29.7 Å². The number of esters is 1. The van der Waals surface area contributed by atoms with Crippen LogP contribution in [-0.2, 0) is 14.3 Å². The predicted molar refractivity (Wildman–Crippen MR) is 123 cm³/mol. The number of carboxylic acids is 1. The molecule has 1 unspecified atom stereocenters. The number of amides is 1. The molecule has 1 aromatic carbocycles. The number of benzene rings is 1. The number of fused-ring (bicyclic) bond motifs is 1. The predicted octanol–water partition coefficient (Wildman–Crippen LogP) is 3.52. The lowest BCUT2D eigenvalue weighted by Gasteiger charge is -2.18. The number of imidazole rings is 1. The third kappa shape index (κ3) is 5.69. The number of aliphatic carboxylic acids is 1. The van der Waals surface area contributed by atoms with Crippen LogP contribution < -0.4 is 10.6 Å². The van der Waals surface area contributed by atoms with Crippen LogP contribution in [0, 0.1) is 5.82 Å². The number of anilines is 1. The fourth-order valence-corrected chi connectivity index (χ4v) is 3.57. The van der Waals surface area contributed by atoms with Crippen LogP contribution >= 0.6 is 0 Å². The van der Waals surface area contributed by atoms with E-state index in [1.165, 1.54) is 24.3 Å². The van der Waals surface area contributed by atoms with E-state index >= 15 is 0 Å². The maximum atomic E-state index is 13.3. The van der Waals surface area contributed by atoms with E-state index in [0.717, 1.165) is 0 Å². The third-order valence-electron chi connectivity index (χ3n) is 5.13. The zero-order chi connectivity index (χ0) is 24.8. The molecule has 3 rings (SSSR count). The molecule has 9 nitrogen and oxygen atoms in total. The van der Waals surface area contributed by atoms with Crippen molar-refractivity contribution in [3.8, 4) is 0 Å². The Morgan fingerprint density at radius 2 is 1.88 bits per heavy atom. The molecule has 34 heavy (non-hydrogen) atoms. The van der Waals surface area contributed by atoms with E-state index in [4.69, 9.17) is 4.74 Å². The fourth-order valence-electron chi connectivity index (χ4n) is 3.57. The van der Waals surface area contributed by atoms with Crippen LogP contribution in [0.5, 0.6) is 0 Å². The molecule has 2 heterocycles. The van der Waals surface area contributed by atoms with Crippen molar-refractivity contribution in [3.63, 3.8) is 0 Å². The van der Waals surface area contributed by atoms with Gasteiger partial charge in [-0.2, -0.15) is 0 Å². The van der Waals surface area contributed by atoms with Crippen molar-refractivity contribution in [3.05, 3.63) is 65.2 Å². The topological polar surface area (TPSA) is 122 Å². The van der Waals surface area contributed by atoms with Gasteiger partial charge in [0.15, 0.2) is 5.65 Å². The largest absolute Gasteiger partial charge is 0.481 e. The number of pyridine rings is 1. The molecule has 1 atom stereocenters. The molecule has 0 radical (unpaired) electrons. The van der Waals surface area contributed by atoms with Crippen molar-refractivity contribution in [2.45, 2.75) is 39.2 Å². The van der Waals surface area contributed by atoms with Crippen molar-refractivity contribution in [2.75, 3.05) is 18.5 Å². The summed E-state index contributed by atoms with van der Waals surface area (Å²) in [6, 6.07) is 7.67. The number of carbonyl (C=O) groups is 3. The average Bonchev–Trinajstić information content (AvgIpc) is 3.16. The molecule has 0 aliphatic carbocycles. The lowest BCUT2D eigenvalue weighted by Crippen LogP contribution is -2.30. The van der Waals surface area contributed by atoms with Crippen molar-refractivity contribution in [1.29, 1.82) is 0 Å². The van der Waals surface area contributed by atoms with Crippen molar-refractivity contribution < 1.29 is 28.6 Å². The van der Waals surface area contributed by atoms with Gasteiger partial charge in [-0.05, 0) is 42.7 Å². The van der Waals surface area contributed by atoms with Gasteiger partial charge in [-0.15, -0.1) is 0 Å². The first-order valence-electron chi connectivity index (χ1n) is 10.9. The van der Waals surface area contributed by atoms with Crippen LogP contribution in [0.2, 0.25) is 0 Å². The molecule has 0 aliphatic heterocycles. The number of halogens is 1. The van der Waals surface area contributed by atoms with Gasteiger partial charge in [0.1, 0.15) is 18.2 Å². The number of hydrogen-bond donors (Lipinski definition) is 3. The van der Waals surface area contributed by atoms with E-state index in [0.29, 0.717) is 22.7 Å². The number of rotatable bonds is 10. The molecule has 0 bridgehead atoms. The second-order valence-corrected chi connectivity index (χ2v) is 7.95. The molecule has 0 saturated heterocycles. The first-order valence-corrected chi connectivity index (χ1v) is 10.9. The van der Waals surface area contributed by atoms with E-state index < -0.39 is 29.7 Å². The van der Waals surface area contributed by atoms with E-state index in [1.807, 2.05) is 13.8 Å². The van der Waals surface area contributed by atoms with E-state index in [9.17, 15) is 23.9 Å². The van der Waals surface area contributed by atoms with Gasteiger partial charge in [0.2, 0.25) is 0 Å². The lowest BCUT2D eigenvalue weighted by molar-refractivity contribution is -0.141. The van der Waals surface area contributed by atoms with Gasteiger partial charge in [-0.1, -0.05) is 26.0 Å². The van der Waals surface area contributed by atoms with Gasteiger partial charge in [-0.25, -0.2) is 9.37 Å². The highest BCUT2D eigenvalue weighted by atomic mass is 19.1. The van der Waals surface area contributed by atoms with Gasteiger partial charge in [0.05, 0.1) is 30.3 Å². The summed E-state index contributed by atoms with van der Waals surface area (Å²) in [5, 5.41) is 15.1. The number of nitrogens with one attached hydrogen (secondary N) is 2. The fraction of sp³-hybridized carbons (Fsp3) is 0.333. The number of hydrogen-bond acceptors (Lipinski definition) is 6. The Bertz CT molecular complexity index is 1190. The minimum Gasteiger partial charge on any atom is -0.481 e. The first-order chi connectivity index (χ1) is 16.2. The van der Waals surface area contributed by atoms with E-state index in [2.05, 4.69) is 15.6 Å². The van der Waals surface area contributed by atoms with Gasteiger partial charge < -0.3 is 20.5 Å². The number of aromatic nitrogens is 2. The Labute approximate surface area is 195 Å². The minimum atomic E-state index is -1.11. The van der Waals surface area contributed by atoms with Crippen LogP contribution in [0.4, 0.5) is 10.2 Å². The van der Waals surface area contributed by atoms with Gasteiger partial charge in [0.25, 0.3) is 5.91 Å². The monoisotopic (exact) mass is 470 g/mol. The second kappa shape index (κ2) is 10.8. The maximum absolute atomic E-state index is 13.3. The van der Waals surface area contributed by atoms with E-state index in [-0.39, 0.29) is 31.1 Å². The molecule has 3 aromatic rings. The number of carbonyl (C=O) groups excluding carboxylic acids is 2. The minimum absolute atomic E-state index is 0.0144. The molecule has 0 aliphatic rings. The summed E-state index contributed by atoms with van der Waals surface area (Å²) in [5.41, 5.74) is 1.70. The average molecular weight is 471 g/mol. The van der Waals surface area contributed by atoms with Gasteiger partial charge >= 0.3 is 11.9 Å². The Hall–Kier alpha value is -3.95. The summed E-state index contributed by atoms with van der Waals surface area (Å²) in [4.78, 5) is 41.1. The summed E-state index contributed by atoms with van der Waals surface area (Å²) in [7, 11) is 0. The zero-order valence-electron chi connectivity index (χ0n) is 19.2. The number of nitrogens with zero attached hydrogens (tertiary/aromatic N) is 2. The van der Waals surface area contributed by atoms with Crippen molar-refractivity contribution in [2.24, 2.45) is 0 Å². The molecule has 0 fully saturated rings. The van der Waals surface area contributed by atoms with Crippen LogP contribution in [0.15, 0.2) is 42.6 Å². The number of ether oxygens (including phenoxy) is 1. The van der Waals surface area contributed by atoms with Crippen molar-refractivity contribution >= 4 is 29.3 Å². The highest BCUT2D eigenvalue weighted by molar-refractivity contribution is 6.00. The summed E-state index contributed by atoms with van der Waals surface area (Å²) in [5.74, 6) is -1.97. The highest BCUT2D eigenvalue weighted by Gasteiger charge is 2.24. The molecule has 10 heteroatoms. The van der Waals surface area contributed by atoms with Crippen LogP contribution in [0.1, 0.15) is 60.8 Å². The van der Waals surface area contributed by atoms with Crippen LogP contribution in [0.3, 0.4) is 0 Å². The standard InChI is InChI=1S/C24H27FN4O5/c1-4-34-20(32)13-26-23-21(14(2)3)28-22-17(6-5-11-29(22)23)24(33)27-18(12-19(30)31)15-7-9-16(25)10-8-15/h5-11,14,18,26H,4,12-13H2,1-3H3,(H,27,33)(H,30,31). The van der Waals surface area contributed by atoms with Crippen molar-refractivity contribution in [1.82, 2.24) is 14.7 Å². The number of carboxylic acid groups (broad SMARTS) is 1. The Kier molecular flexibility index (Phi) is 7.83. The first kappa shape index (κ1) is 24.7. The molecule has 1 amide bonds. The second-order valence-electron chi connectivity index (χ2n) is 7.95. The molecular formula is C24H27FN4O5. The molecule has 2 aromatic heterocycles. The molecule has 3 N–H and O–H groups in total. The van der Waals surface area contributed by atoms with Gasteiger partial charge in [-0.3, -0.25) is 18.8 Å². The Morgan fingerprint density at radius 1 is 1.18 bits per heavy atom. The van der Waals surface area contributed by atoms with Crippen LogP contribution in [-0.4, -0.2) is 45.5 Å². The Balaban J connectivity index is 1.95. The highest BCUT2D eigenvalue weighted by Crippen LogP contribution is 2.27. The van der Waals surface area contributed by atoms with Crippen LogP contribution in [0.25, 0.3) is 5.65 Å². The summed E-state index contributed by atoms with van der Waals surface area (Å²) in [6.07, 6.45) is 1.34. The summed E-state index contributed by atoms with van der Waals surface area (Å²) < 4.78 is 20.0. The normalized spacial score (nSPS) is 11.9. The summed E-state index contributed by atoms with van der Waals surface area (Å²) >= 11 is 0. The smallest absolute Gasteiger partial charge is 0.325 e. The third-order valence-corrected chi connectivity index (χ3v) is 5.13. The molecule has 180 valence electrons. The quantitative estimate of drug-likeness (QED) is 0.388. The molecule has 0 spiro atoms.